The van der Waals surface area contributed by atoms with Gasteiger partial charge in [-0.2, -0.15) is 5.26 Å². The Balaban J connectivity index is 2.24. The molecule has 1 aliphatic carbocycles. The van der Waals surface area contributed by atoms with Gasteiger partial charge in [-0.1, -0.05) is 24.3 Å². The zero-order chi connectivity index (χ0) is 14.6. The van der Waals surface area contributed by atoms with Crippen molar-refractivity contribution in [1.82, 2.24) is 4.57 Å². The molecule has 0 saturated carbocycles. The number of aromatic nitrogens is 1. The molecule has 102 valence electrons. The SMILES string of the molecule is CSc1c2c(c3ccn(C)c3c1C#N)-c1ccccc1C2. The monoisotopic (exact) mass is 290 g/mol. The van der Waals surface area contributed by atoms with Crippen LogP contribution in [-0.2, 0) is 13.5 Å². The summed E-state index contributed by atoms with van der Waals surface area (Å²) in [7, 11) is 2.01. The lowest BCUT2D eigenvalue weighted by molar-refractivity contribution is 0.963. The minimum atomic E-state index is 0.816. The highest BCUT2D eigenvalue weighted by Crippen LogP contribution is 2.47. The molecule has 21 heavy (non-hydrogen) atoms. The molecule has 0 radical (unpaired) electrons. The van der Waals surface area contributed by atoms with Gasteiger partial charge in [0, 0.05) is 23.5 Å². The van der Waals surface area contributed by atoms with Crippen LogP contribution in [0.2, 0.25) is 0 Å². The number of rotatable bonds is 1. The van der Waals surface area contributed by atoms with Crippen molar-refractivity contribution in [2.75, 3.05) is 6.26 Å². The topological polar surface area (TPSA) is 28.7 Å². The normalized spacial score (nSPS) is 12.2. The van der Waals surface area contributed by atoms with Gasteiger partial charge in [0.1, 0.15) is 6.07 Å². The smallest absolute Gasteiger partial charge is 0.103 e. The van der Waals surface area contributed by atoms with Gasteiger partial charge in [0.05, 0.1) is 11.1 Å². The molecular weight excluding hydrogens is 276 g/mol. The maximum atomic E-state index is 9.66. The first-order valence-electron chi connectivity index (χ1n) is 6.92. The maximum Gasteiger partial charge on any atom is 0.103 e. The molecule has 0 saturated heterocycles. The van der Waals surface area contributed by atoms with Gasteiger partial charge in [0.2, 0.25) is 0 Å². The molecule has 0 aliphatic heterocycles. The van der Waals surface area contributed by atoms with Crippen LogP contribution in [0.5, 0.6) is 0 Å². The predicted octanol–water partition coefficient (Wildman–Crippen LogP) is 4.34. The van der Waals surface area contributed by atoms with Gasteiger partial charge in [-0.25, -0.2) is 0 Å². The van der Waals surface area contributed by atoms with E-state index in [0.29, 0.717) is 0 Å². The number of hydrogen-bond acceptors (Lipinski definition) is 2. The zero-order valence-electron chi connectivity index (χ0n) is 12.0. The summed E-state index contributed by atoms with van der Waals surface area (Å²) in [5.74, 6) is 0. The predicted molar refractivity (Wildman–Crippen MR) is 87.7 cm³/mol. The molecule has 1 aromatic heterocycles. The number of benzene rings is 2. The summed E-state index contributed by atoms with van der Waals surface area (Å²) in [6.07, 6.45) is 5.05. The van der Waals surface area contributed by atoms with E-state index in [9.17, 15) is 5.26 Å². The molecule has 0 atom stereocenters. The van der Waals surface area contributed by atoms with Gasteiger partial charge in [-0.05, 0) is 41.0 Å². The fraction of sp³-hybridized carbons (Fsp3) is 0.167. The van der Waals surface area contributed by atoms with Gasteiger partial charge in [-0.3, -0.25) is 0 Å². The van der Waals surface area contributed by atoms with Crippen LogP contribution in [0.15, 0.2) is 41.4 Å². The number of nitrogens with zero attached hydrogens (tertiary/aromatic N) is 2. The fourth-order valence-electron chi connectivity index (χ4n) is 3.49. The van der Waals surface area contributed by atoms with E-state index in [2.05, 4.69) is 53.4 Å². The highest BCUT2D eigenvalue weighted by molar-refractivity contribution is 7.98. The second-order valence-electron chi connectivity index (χ2n) is 5.40. The third kappa shape index (κ3) is 1.54. The molecule has 2 aromatic carbocycles. The van der Waals surface area contributed by atoms with Crippen LogP contribution in [0, 0.1) is 11.3 Å². The Morgan fingerprint density at radius 1 is 1.24 bits per heavy atom. The molecule has 4 rings (SSSR count). The summed E-state index contributed by atoms with van der Waals surface area (Å²) >= 11 is 1.69. The number of nitriles is 1. The molecule has 1 aliphatic rings. The third-order valence-corrected chi connectivity index (χ3v) is 5.21. The van der Waals surface area contributed by atoms with Crippen molar-refractivity contribution in [3.8, 4) is 17.2 Å². The lowest BCUT2D eigenvalue weighted by Gasteiger charge is -2.12. The molecule has 0 N–H and O–H groups in total. The molecule has 0 spiro atoms. The average molecular weight is 290 g/mol. The standard InChI is InChI=1S/C18H14N2S/c1-20-8-7-13-16-12-6-4-3-5-11(12)9-14(16)18(21-2)15(10-19)17(13)20/h3-8H,9H2,1-2H3. The quantitative estimate of drug-likeness (QED) is 0.488. The van der Waals surface area contributed by atoms with E-state index in [1.54, 1.807) is 11.8 Å². The first kappa shape index (κ1) is 12.6. The maximum absolute atomic E-state index is 9.66. The van der Waals surface area contributed by atoms with Crippen LogP contribution in [0.1, 0.15) is 16.7 Å². The number of fused-ring (bicyclic) bond motifs is 5. The van der Waals surface area contributed by atoms with Crippen molar-refractivity contribution >= 4 is 22.7 Å². The minimum Gasteiger partial charge on any atom is -0.349 e. The largest absolute Gasteiger partial charge is 0.349 e. The second-order valence-corrected chi connectivity index (χ2v) is 6.21. The van der Waals surface area contributed by atoms with Crippen LogP contribution in [0.25, 0.3) is 22.0 Å². The Morgan fingerprint density at radius 3 is 2.81 bits per heavy atom. The Bertz CT molecular complexity index is 929. The lowest BCUT2D eigenvalue weighted by atomic mass is 9.98. The molecule has 0 fully saturated rings. The van der Waals surface area contributed by atoms with Crippen LogP contribution < -0.4 is 0 Å². The fourth-order valence-corrected chi connectivity index (χ4v) is 4.26. The highest BCUT2D eigenvalue weighted by Gasteiger charge is 2.27. The molecule has 0 amide bonds. The zero-order valence-corrected chi connectivity index (χ0v) is 12.8. The van der Waals surface area contributed by atoms with Gasteiger partial charge < -0.3 is 4.57 Å². The van der Waals surface area contributed by atoms with Crippen molar-refractivity contribution in [3.05, 3.63) is 53.2 Å². The molecule has 0 unspecified atom stereocenters. The van der Waals surface area contributed by atoms with Crippen LogP contribution in [-0.4, -0.2) is 10.8 Å². The summed E-state index contributed by atoms with van der Waals surface area (Å²) in [4.78, 5) is 1.14. The summed E-state index contributed by atoms with van der Waals surface area (Å²) < 4.78 is 2.06. The number of thioether (sulfide) groups is 1. The molecule has 0 bridgehead atoms. The van der Waals surface area contributed by atoms with Crippen LogP contribution in [0.4, 0.5) is 0 Å². The van der Waals surface area contributed by atoms with Gasteiger partial charge >= 0.3 is 0 Å². The van der Waals surface area contributed by atoms with E-state index in [1.807, 2.05) is 7.05 Å². The second kappa shape index (κ2) is 4.41. The molecule has 3 heteroatoms. The molecule has 2 nitrogen and oxygen atoms in total. The molecule has 3 aromatic rings. The van der Waals surface area contributed by atoms with Gasteiger partial charge in [0.25, 0.3) is 0 Å². The first-order valence-corrected chi connectivity index (χ1v) is 8.15. The van der Waals surface area contributed by atoms with Crippen molar-refractivity contribution in [2.24, 2.45) is 7.05 Å². The van der Waals surface area contributed by atoms with E-state index >= 15 is 0 Å². The number of aryl methyl sites for hydroxylation is 1. The summed E-state index contributed by atoms with van der Waals surface area (Å²) in [5.41, 5.74) is 7.20. The molecule has 1 heterocycles. The van der Waals surface area contributed by atoms with Gasteiger partial charge in [0.15, 0.2) is 0 Å². The van der Waals surface area contributed by atoms with Crippen molar-refractivity contribution in [3.63, 3.8) is 0 Å². The van der Waals surface area contributed by atoms with Gasteiger partial charge in [-0.15, -0.1) is 11.8 Å². The van der Waals surface area contributed by atoms with E-state index in [0.717, 1.165) is 22.4 Å². The van der Waals surface area contributed by atoms with Crippen LogP contribution in [0.3, 0.4) is 0 Å². The van der Waals surface area contributed by atoms with Crippen molar-refractivity contribution in [2.45, 2.75) is 11.3 Å². The van der Waals surface area contributed by atoms with Crippen molar-refractivity contribution < 1.29 is 0 Å². The van der Waals surface area contributed by atoms with Crippen LogP contribution >= 0.6 is 11.8 Å². The summed E-state index contributed by atoms with van der Waals surface area (Å²) in [6, 6.07) is 13.2. The van der Waals surface area contributed by atoms with Crippen molar-refractivity contribution in [1.29, 1.82) is 5.26 Å². The molecular formula is C18H14N2S. The Hall–Kier alpha value is -2.18. The minimum absolute atomic E-state index is 0.816. The third-order valence-electron chi connectivity index (χ3n) is 4.35. The Morgan fingerprint density at radius 2 is 2.05 bits per heavy atom. The Labute approximate surface area is 128 Å². The van der Waals surface area contributed by atoms with E-state index < -0.39 is 0 Å². The van der Waals surface area contributed by atoms with E-state index in [1.165, 1.54) is 27.6 Å². The average Bonchev–Trinajstić information content (AvgIpc) is 3.06. The van der Waals surface area contributed by atoms with E-state index in [4.69, 9.17) is 0 Å². The summed E-state index contributed by atoms with van der Waals surface area (Å²) in [5, 5.41) is 10.9. The first-order chi connectivity index (χ1) is 10.3. The summed E-state index contributed by atoms with van der Waals surface area (Å²) in [6.45, 7) is 0. The van der Waals surface area contributed by atoms with E-state index in [-0.39, 0.29) is 0 Å². The lowest BCUT2D eigenvalue weighted by Crippen LogP contribution is -1.96. The Kier molecular flexibility index (Phi) is 2.63. The highest BCUT2D eigenvalue weighted by atomic mass is 32.2. The number of hydrogen-bond donors (Lipinski definition) is 0.